The third-order valence-corrected chi connectivity index (χ3v) is 3.44. The molecule has 7 nitrogen and oxygen atoms in total. The van der Waals surface area contributed by atoms with Gasteiger partial charge in [-0.15, -0.1) is 0 Å². The summed E-state index contributed by atoms with van der Waals surface area (Å²) < 4.78 is 16.2. The first kappa shape index (κ1) is 15.4. The molecule has 1 saturated heterocycles. The minimum Gasteiger partial charge on any atom is -0.494 e. The largest absolute Gasteiger partial charge is 0.494 e. The van der Waals surface area contributed by atoms with Crippen molar-refractivity contribution in [1.82, 2.24) is 0 Å². The van der Waals surface area contributed by atoms with Gasteiger partial charge in [0.15, 0.2) is 5.75 Å². The summed E-state index contributed by atoms with van der Waals surface area (Å²) in [5.74, 6) is 0.686. The van der Waals surface area contributed by atoms with Crippen LogP contribution in [0.5, 0.6) is 11.5 Å². The van der Waals surface area contributed by atoms with Crippen molar-refractivity contribution in [2.24, 2.45) is 0 Å². The lowest BCUT2D eigenvalue weighted by molar-refractivity contribution is -0.385. The Kier molecular flexibility index (Phi) is 4.52. The number of nitro benzene ring substituents is 1. The number of morpholine rings is 1. The van der Waals surface area contributed by atoms with Crippen LogP contribution in [0.15, 0.2) is 12.1 Å². The zero-order valence-electron chi connectivity index (χ0n) is 12.7. The van der Waals surface area contributed by atoms with Crippen molar-refractivity contribution in [1.29, 1.82) is 0 Å². The lowest BCUT2D eigenvalue weighted by atomic mass is 10.1. The van der Waals surface area contributed by atoms with Crippen molar-refractivity contribution in [2.45, 2.75) is 26.1 Å². The SMILES string of the molecule is COc1cc([N+](=O)[O-])c(OC)cc1N1C[C@@H](C)O[C@H](C)C1. The number of ether oxygens (including phenoxy) is 3. The number of anilines is 1. The van der Waals surface area contributed by atoms with Gasteiger partial charge < -0.3 is 19.1 Å². The molecule has 7 heteroatoms. The highest BCUT2D eigenvalue weighted by atomic mass is 16.6. The average Bonchev–Trinajstić information content (AvgIpc) is 2.44. The zero-order chi connectivity index (χ0) is 15.6. The van der Waals surface area contributed by atoms with Crippen LogP contribution in [0.4, 0.5) is 11.4 Å². The van der Waals surface area contributed by atoms with Crippen LogP contribution in [-0.4, -0.2) is 44.4 Å². The van der Waals surface area contributed by atoms with E-state index in [-0.39, 0.29) is 23.6 Å². The molecule has 21 heavy (non-hydrogen) atoms. The number of nitro groups is 1. The summed E-state index contributed by atoms with van der Waals surface area (Å²) >= 11 is 0. The molecule has 0 bridgehead atoms. The van der Waals surface area contributed by atoms with Gasteiger partial charge in [0.1, 0.15) is 5.75 Å². The Morgan fingerprint density at radius 1 is 1.19 bits per heavy atom. The summed E-state index contributed by atoms with van der Waals surface area (Å²) in [6.45, 7) is 5.39. The third-order valence-electron chi connectivity index (χ3n) is 3.44. The normalized spacial score (nSPS) is 22.0. The van der Waals surface area contributed by atoms with Gasteiger partial charge in [0, 0.05) is 19.2 Å². The molecule has 2 atom stereocenters. The van der Waals surface area contributed by atoms with E-state index in [1.54, 1.807) is 6.07 Å². The fourth-order valence-corrected chi connectivity index (χ4v) is 2.63. The van der Waals surface area contributed by atoms with Crippen LogP contribution in [0.25, 0.3) is 0 Å². The molecular weight excluding hydrogens is 276 g/mol. The molecule has 0 N–H and O–H groups in total. The van der Waals surface area contributed by atoms with Gasteiger partial charge >= 0.3 is 5.69 Å². The Morgan fingerprint density at radius 2 is 1.76 bits per heavy atom. The highest BCUT2D eigenvalue weighted by Crippen LogP contribution is 2.40. The number of methoxy groups -OCH3 is 2. The number of rotatable bonds is 4. The van der Waals surface area contributed by atoms with Crippen LogP contribution >= 0.6 is 0 Å². The van der Waals surface area contributed by atoms with Gasteiger partial charge in [-0.3, -0.25) is 10.1 Å². The molecule has 116 valence electrons. The highest BCUT2D eigenvalue weighted by molar-refractivity contribution is 5.68. The molecule has 1 fully saturated rings. The van der Waals surface area contributed by atoms with Crippen LogP contribution in [0, 0.1) is 10.1 Å². The zero-order valence-corrected chi connectivity index (χ0v) is 12.7. The number of hydrogen-bond acceptors (Lipinski definition) is 6. The van der Waals surface area contributed by atoms with Gasteiger partial charge in [-0.2, -0.15) is 0 Å². The standard InChI is InChI=1S/C14H20N2O5/c1-9-7-15(8-10(2)21-9)11-5-14(20-4)12(16(17)18)6-13(11)19-3/h5-6,9-10H,7-8H2,1-4H3/t9-,10-/m1/s1. The predicted molar refractivity (Wildman–Crippen MR) is 78.4 cm³/mol. The van der Waals surface area contributed by atoms with E-state index in [4.69, 9.17) is 14.2 Å². The van der Waals surface area contributed by atoms with E-state index in [1.165, 1.54) is 20.3 Å². The van der Waals surface area contributed by atoms with E-state index >= 15 is 0 Å². The number of benzene rings is 1. The van der Waals surface area contributed by atoms with E-state index in [0.29, 0.717) is 18.8 Å². The smallest absolute Gasteiger partial charge is 0.314 e. The van der Waals surface area contributed by atoms with Crippen molar-refractivity contribution in [3.05, 3.63) is 22.2 Å². The Balaban J connectivity index is 2.44. The van der Waals surface area contributed by atoms with Gasteiger partial charge in [-0.1, -0.05) is 0 Å². The minimum absolute atomic E-state index is 0.0830. The second kappa shape index (κ2) is 6.17. The molecule has 0 unspecified atom stereocenters. The topological polar surface area (TPSA) is 74.1 Å². The third kappa shape index (κ3) is 3.18. The molecular formula is C14H20N2O5. The van der Waals surface area contributed by atoms with Gasteiger partial charge in [0.2, 0.25) is 0 Å². The van der Waals surface area contributed by atoms with Gasteiger partial charge in [0.25, 0.3) is 0 Å². The van der Waals surface area contributed by atoms with Crippen molar-refractivity contribution < 1.29 is 19.1 Å². The molecule has 0 saturated carbocycles. The van der Waals surface area contributed by atoms with E-state index in [9.17, 15) is 10.1 Å². The first-order valence-corrected chi connectivity index (χ1v) is 6.77. The number of nitrogens with zero attached hydrogens (tertiary/aromatic N) is 2. The lowest BCUT2D eigenvalue weighted by Gasteiger charge is -2.37. The molecule has 0 aromatic heterocycles. The molecule has 0 amide bonds. The summed E-state index contributed by atoms with van der Waals surface area (Å²) in [4.78, 5) is 12.7. The maximum absolute atomic E-state index is 11.1. The first-order chi connectivity index (χ1) is 9.96. The van der Waals surface area contributed by atoms with Gasteiger partial charge in [0.05, 0.1) is 43.1 Å². The van der Waals surface area contributed by atoms with Crippen LogP contribution in [0.1, 0.15) is 13.8 Å². The Hall–Kier alpha value is -2.02. The molecule has 1 aromatic carbocycles. The average molecular weight is 296 g/mol. The minimum atomic E-state index is -0.476. The van der Waals surface area contributed by atoms with Crippen molar-refractivity contribution >= 4 is 11.4 Å². The number of hydrogen-bond donors (Lipinski definition) is 0. The quantitative estimate of drug-likeness (QED) is 0.626. The predicted octanol–water partition coefficient (Wildman–Crippen LogP) is 2.23. The van der Waals surface area contributed by atoms with Crippen LogP contribution in [0.3, 0.4) is 0 Å². The molecule has 0 aliphatic carbocycles. The Bertz CT molecular complexity index is 524. The van der Waals surface area contributed by atoms with E-state index < -0.39 is 4.92 Å². The molecule has 1 heterocycles. The maximum Gasteiger partial charge on any atom is 0.314 e. The summed E-state index contributed by atoms with van der Waals surface area (Å²) in [5.41, 5.74) is 0.675. The molecule has 1 aliphatic heterocycles. The maximum atomic E-state index is 11.1. The van der Waals surface area contributed by atoms with Crippen LogP contribution in [-0.2, 0) is 4.74 Å². The summed E-state index contributed by atoms with van der Waals surface area (Å²) in [5, 5.41) is 11.1. The fourth-order valence-electron chi connectivity index (χ4n) is 2.63. The molecule has 0 radical (unpaired) electrons. The van der Waals surface area contributed by atoms with Crippen LogP contribution < -0.4 is 14.4 Å². The van der Waals surface area contributed by atoms with Crippen molar-refractivity contribution in [3.63, 3.8) is 0 Å². The first-order valence-electron chi connectivity index (χ1n) is 6.77. The molecule has 1 aromatic rings. The molecule has 1 aliphatic rings. The second-order valence-corrected chi connectivity index (χ2v) is 5.12. The van der Waals surface area contributed by atoms with E-state index in [0.717, 1.165) is 5.69 Å². The molecule has 0 spiro atoms. The van der Waals surface area contributed by atoms with Gasteiger partial charge in [-0.05, 0) is 13.8 Å². The molecule has 2 rings (SSSR count). The van der Waals surface area contributed by atoms with Gasteiger partial charge in [-0.25, -0.2) is 0 Å². The monoisotopic (exact) mass is 296 g/mol. The summed E-state index contributed by atoms with van der Waals surface area (Å²) in [6.07, 6.45) is 0.166. The lowest BCUT2D eigenvalue weighted by Crippen LogP contribution is -2.45. The fraction of sp³-hybridized carbons (Fsp3) is 0.571. The van der Waals surface area contributed by atoms with Crippen molar-refractivity contribution in [2.75, 3.05) is 32.2 Å². The summed E-state index contributed by atoms with van der Waals surface area (Å²) in [6, 6.07) is 3.06. The van der Waals surface area contributed by atoms with Crippen molar-refractivity contribution in [3.8, 4) is 11.5 Å². The van der Waals surface area contributed by atoms with Crippen LogP contribution in [0.2, 0.25) is 0 Å². The highest BCUT2D eigenvalue weighted by Gasteiger charge is 2.27. The van der Waals surface area contributed by atoms with E-state index in [2.05, 4.69) is 4.90 Å². The summed E-state index contributed by atoms with van der Waals surface area (Å²) in [7, 11) is 2.92. The second-order valence-electron chi connectivity index (χ2n) is 5.12. The van der Waals surface area contributed by atoms with E-state index in [1.807, 2.05) is 13.8 Å². The Morgan fingerprint density at radius 3 is 2.24 bits per heavy atom. The Labute approximate surface area is 123 Å².